The summed E-state index contributed by atoms with van der Waals surface area (Å²) in [5.41, 5.74) is 9.38. The third kappa shape index (κ3) is 39.3. The number of hydrogen-bond donors (Lipinski definition) is 4. The summed E-state index contributed by atoms with van der Waals surface area (Å²) < 4.78 is 8.19. The minimum absolute atomic E-state index is 0.250. The SMILES string of the molecule is CC(=O)/C=C(/N)O.CC(=O)/C=C(/N)O.[O]=[V]. The average Bonchev–Trinajstić information content (AvgIpc) is 2.03. The first-order chi connectivity index (χ1) is 7.25. The van der Waals surface area contributed by atoms with E-state index in [1.165, 1.54) is 13.8 Å². The second kappa shape index (κ2) is 13.4. The molecule has 0 saturated carbocycles. The van der Waals surface area contributed by atoms with Gasteiger partial charge in [-0.15, -0.1) is 0 Å². The van der Waals surface area contributed by atoms with Crippen LogP contribution in [0.15, 0.2) is 23.9 Å². The molecule has 0 aromatic rings. The van der Waals surface area contributed by atoms with E-state index in [2.05, 4.69) is 11.5 Å². The normalized spacial score (nSPS) is 10.1. The molecule has 0 aromatic carbocycles. The van der Waals surface area contributed by atoms with Crippen LogP contribution in [-0.2, 0) is 30.6 Å². The number of rotatable bonds is 2. The summed E-state index contributed by atoms with van der Waals surface area (Å²) in [4.78, 5) is 19.9. The molecule has 0 unspecified atom stereocenters. The molecule has 7 nitrogen and oxygen atoms in total. The fraction of sp³-hybridized carbons (Fsp3) is 0.250. The maximum atomic E-state index is 9.94. The van der Waals surface area contributed by atoms with E-state index in [0.29, 0.717) is 0 Å². The zero-order valence-corrected chi connectivity index (χ0v) is 10.3. The predicted molar refractivity (Wildman–Crippen MR) is 51.8 cm³/mol. The zero-order chi connectivity index (χ0) is 13.7. The summed E-state index contributed by atoms with van der Waals surface area (Å²) in [5, 5.41) is 16.3. The van der Waals surface area contributed by atoms with Gasteiger partial charge >= 0.3 is 21.0 Å². The van der Waals surface area contributed by atoms with Crippen molar-refractivity contribution in [1.29, 1.82) is 0 Å². The fourth-order valence-electron chi connectivity index (χ4n) is 0.417. The molecule has 0 fully saturated rings. The molecule has 0 amide bonds. The van der Waals surface area contributed by atoms with E-state index in [-0.39, 0.29) is 11.6 Å². The number of ketones is 2. The minimum atomic E-state index is -0.437. The van der Waals surface area contributed by atoms with Crippen LogP contribution in [-0.4, -0.2) is 21.8 Å². The molecular formula is C8H14N2O5V. The van der Waals surface area contributed by atoms with Crippen molar-refractivity contribution in [2.45, 2.75) is 13.8 Å². The first-order valence-electron chi connectivity index (χ1n) is 3.77. The summed E-state index contributed by atoms with van der Waals surface area (Å²) in [7, 11) is 0. The van der Waals surface area contributed by atoms with Gasteiger partial charge in [0.2, 0.25) is 0 Å². The van der Waals surface area contributed by atoms with Gasteiger partial charge < -0.3 is 21.7 Å². The van der Waals surface area contributed by atoms with Crippen LogP contribution in [0.1, 0.15) is 13.8 Å². The zero-order valence-electron chi connectivity index (χ0n) is 8.88. The molecule has 16 heavy (non-hydrogen) atoms. The first kappa shape index (κ1) is 19.9. The molecule has 0 atom stereocenters. The van der Waals surface area contributed by atoms with Gasteiger partial charge in [-0.3, -0.25) is 9.59 Å². The standard InChI is InChI=1S/2C4H7NO2.O.V/c2*1-3(6)2-4(5)7;;/h2*2,7H,5H2,1H3;;/b2*4-2-;;. The van der Waals surface area contributed by atoms with E-state index < -0.39 is 11.8 Å². The molecule has 0 heterocycles. The van der Waals surface area contributed by atoms with Crippen molar-refractivity contribution in [3.8, 4) is 0 Å². The van der Waals surface area contributed by atoms with Crippen LogP contribution < -0.4 is 11.5 Å². The van der Waals surface area contributed by atoms with Crippen LogP contribution in [0, 0.1) is 0 Å². The van der Waals surface area contributed by atoms with Crippen molar-refractivity contribution in [1.82, 2.24) is 0 Å². The molecule has 0 rings (SSSR count). The Morgan fingerprint density at radius 3 is 1.12 bits per heavy atom. The summed E-state index contributed by atoms with van der Waals surface area (Å²) in [6.45, 7) is 2.62. The molecule has 0 bridgehead atoms. The molecule has 0 spiro atoms. The van der Waals surface area contributed by atoms with Gasteiger partial charge in [-0.05, 0) is 13.8 Å². The number of carbonyl (C=O) groups is 2. The van der Waals surface area contributed by atoms with E-state index in [1.54, 1.807) is 0 Å². The Balaban J connectivity index is -0.000000183. The van der Waals surface area contributed by atoms with Gasteiger partial charge in [-0.1, -0.05) is 0 Å². The number of hydrogen-bond acceptors (Lipinski definition) is 7. The topological polar surface area (TPSA) is 144 Å². The van der Waals surface area contributed by atoms with Crippen molar-refractivity contribution in [2.24, 2.45) is 11.5 Å². The van der Waals surface area contributed by atoms with Gasteiger partial charge in [-0.2, -0.15) is 0 Å². The van der Waals surface area contributed by atoms with Gasteiger partial charge in [0.15, 0.2) is 23.3 Å². The Hall–Kier alpha value is -1.60. The molecule has 0 aliphatic rings. The van der Waals surface area contributed by atoms with Gasteiger partial charge in [0.1, 0.15) is 0 Å². The second-order valence-corrected chi connectivity index (χ2v) is 2.36. The second-order valence-electron chi connectivity index (χ2n) is 2.36. The third-order valence-electron chi connectivity index (χ3n) is 0.702. The molecule has 0 saturated heterocycles. The number of allylic oxidation sites excluding steroid dienone is 2. The van der Waals surface area contributed by atoms with E-state index in [9.17, 15) is 9.59 Å². The molecular weight excluding hydrogens is 255 g/mol. The Bertz CT molecular complexity index is 252. The van der Waals surface area contributed by atoms with E-state index in [4.69, 9.17) is 13.9 Å². The van der Waals surface area contributed by atoms with Crippen molar-refractivity contribution in [2.75, 3.05) is 0 Å². The monoisotopic (exact) mass is 269 g/mol. The molecule has 0 aliphatic heterocycles. The van der Waals surface area contributed by atoms with Crippen LogP contribution in [0.4, 0.5) is 0 Å². The van der Waals surface area contributed by atoms with Gasteiger partial charge in [0.05, 0.1) is 0 Å². The fourth-order valence-corrected chi connectivity index (χ4v) is 0.417. The summed E-state index contributed by atoms with van der Waals surface area (Å²) in [5.74, 6) is -1.37. The number of aliphatic hydroxyl groups is 2. The van der Waals surface area contributed by atoms with Gasteiger partial charge in [0.25, 0.3) is 0 Å². The van der Waals surface area contributed by atoms with Crippen molar-refractivity contribution in [3.05, 3.63) is 23.9 Å². The van der Waals surface area contributed by atoms with Crippen LogP contribution >= 0.6 is 0 Å². The van der Waals surface area contributed by atoms with Gasteiger partial charge in [-0.25, -0.2) is 0 Å². The summed E-state index contributed by atoms with van der Waals surface area (Å²) in [6, 6.07) is 0. The summed E-state index contributed by atoms with van der Waals surface area (Å²) >= 11 is 1.06. The molecule has 8 heteroatoms. The molecule has 0 aromatic heterocycles. The average molecular weight is 269 g/mol. The van der Waals surface area contributed by atoms with Crippen LogP contribution in [0.2, 0.25) is 0 Å². The van der Waals surface area contributed by atoms with E-state index in [1.807, 2.05) is 0 Å². The van der Waals surface area contributed by atoms with Crippen LogP contribution in [0.25, 0.3) is 0 Å². The third-order valence-corrected chi connectivity index (χ3v) is 0.702. The first-order valence-corrected chi connectivity index (χ1v) is 4.34. The Morgan fingerprint density at radius 2 is 1.12 bits per heavy atom. The predicted octanol–water partition coefficient (Wildman–Crippen LogP) is -0.254. The molecule has 0 radical (unpaired) electrons. The maximum absolute atomic E-state index is 9.94. The molecule has 91 valence electrons. The Labute approximate surface area is 102 Å². The van der Waals surface area contributed by atoms with E-state index in [0.717, 1.165) is 29.5 Å². The molecule has 0 aliphatic carbocycles. The molecule has 6 N–H and O–H groups in total. The van der Waals surface area contributed by atoms with Crippen molar-refractivity contribution in [3.63, 3.8) is 0 Å². The number of nitrogens with two attached hydrogens (primary N) is 2. The van der Waals surface area contributed by atoms with E-state index >= 15 is 0 Å². The van der Waals surface area contributed by atoms with Crippen molar-refractivity contribution >= 4 is 11.6 Å². The Kier molecular flexibility index (Phi) is 16.7. The quantitative estimate of drug-likeness (QED) is 0.399. The van der Waals surface area contributed by atoms with Crippen LogP contribution in [0.5, 0.6) is 0 Å². The number of carbonyl (C=O) groups excluding carboxylic acids is 2. The summed E-state index contributed by atoms with van der Waals surface area (Å²) in [6.07, 6.45) is 1.89. The van der Waals surface area contributed by atoms with Crippen molar-refractivity contribution < 1.29 is 40.8 Å². The number of aliphatic hydroxyl groups excluding tert-OH is 2. The Morgan fingerprint density at radius 1 is 0.938 bits per heavy atom. The van der Waals surface area contributed by atoms with Crippen LogP contribution in [0.3, 0.4) is 0 Å². The van der Waals surface area contributed by atoms with Gasteiger partial charge in [0, 0.05) is 12.2 Å².